The molecule has 0 aromatic carbocycles. The van der Waals surface area contributed by atoms with Gasteiger partial charge in [-0.2, -0.15) is 0 Å². The molecule has 1 amide bonds. The third-order valence-electron chi connectivity index (χ3n) is 5.70. The van der Waals surface area contributed by atoms with Gasteiger partial charge in [0.15, 0.2) is 0 Å². The number of ether oxygens (including phenoxy) is 2. The first-order valence-electron chi connectivity index (χ1n) is 9.27. The highest BCUT2D eigenvalue weighted by Gasteiger charge is 2.42. The van der Waals surface area contributed by atoms with Crippen molar-refractivity contribution in [2.45, 2.75) is 19.9 Å². The van der Waals surface area contributed by atoms with Crippen LogP contribution in [0.4, 0.5) is 0 Å². The Hall–Kier alpha value is -1.44. The van der Waals surface area contributed by atoms with Crippen LogP contribution in [-0.4, -0.2) is 73.5 Å². The van der Waals surface area contributed by atoms with E-state index in [1.165, 1.54) is 0 Å². The summed E-state index contributed by atoms with van der Waals surface area (Å²) in [5.41, 5.74) is 0.984. The minimum absolute atomic E-state index is 0.253. The first-order chi connectivity index (χ1) is 12.2. The fourth-order valence-corrected chi connectivity index (χ4v) is 4.42. The Bertz CT molecular complexity index is 599. The van der Waals surface area contributed by atoms with Crippen LogP contribution in [-0.2, 0) is 20.8 Å². The van der Waals surface area contributed by atoms with E-state index in [1.54, 1.807) is 0 Å². The molecule has 0 saturated carbocycles. The van der Waals surface area contributed by atoms with Crippen molar-refractivity contribution in [3.8, 4) is 0 Å². The molecule has 0 unspecified atom stereocenters. The molecule has 3 aliphatic rings. The van der Waals surface area contributed by atoms with Crippen molar-refractivity contribution < 1.29 is 18.8 Å². The Labute approximate surface area is 148 Å². The lowest BCUT2D eigenvalue weighted by molar-refractivity contribution is -0.138. The van der Waals surface area contributed by atoms with Crippen molar-refractivity contribution in [1.82, 2.24) is 15.0 Å². The zero-order valence-electron chi connectivity index (χ0n) is 14.9. The Morgan fingerprint density at radius 2 is 2.08 bits per heavy atom. The molecule has 0 radical (unpaired) electrons. The van der Waals surface area contributed by atoms with Gasteiger partial charge in [-0.25, -0.2) is 0 Å². The standard InChI is InChI=1S/C18H27N3O4/c1-13-6-16(19-25-13)9-20-8-15-12-24-11-14(17(15)10-20)7-18(22)21-2-4-23-5-3-21/h6,14-15,17H,2-5,7-12H2,1H3/t14-,15-,17+/m1/s1. The molecule has 4 rings (SSSR count). The Morgan fingerprint density at radius 3 is 2.84 bits per heavy atom. The molecule has 7 nitrogen and oxygen atoms in total. The van der Waals surface area contributed by atoms with Crippen LogP contribution < -0.4 is 0 Å². The van der Waals surface area contributed by atoms with E-state index in [2.05, 4.69) is 10.1 Å². The van der Waals surface area contributed by atoms with E-state index in [0.29, 0.717) is 44.0 Å². The first kappa shape index (κ1) is 17.0. The number of amides is 1. The molecule has 7 heteroatoms. The maximum absolute atomic E-state index is 12.6. The van der Waals surface area contributed by atoms with E-state index in [4.69, 9.17) is 14.0 Å². The molecule has 1 aromatic rings. The predicted molar refractivity (Wildman–Crippen MR) is 89.8 cm³/mol. The highest BCUT2D eigenvalue weighted by molar-refractivity contribution is 5.76. The number of carbonyl (C=O) groups excluding carboxylic acids is 1. The lowest BCUT2D eigenvalue weighted by atomic mass is 9.81. The van der Waals surface area contributed by atoms with Gasteiger partial charge in [0.25, 0.3) is 0 Å². The van der Waals surface area contributed by atoms with Crippen LogP contribution >= 0.6 is 0 Å². The summed E-state index contributed by atoms with van der Waals surface area (Å²) in [5, 5.41) is 4.10. The molecular formula is C18H27N3O4. The molecule has 25 heavy (non-hydrogen) atoms. The van der Waals surface area contributed by atoms with E-state index >= 15 is 0 Å². The average molecular weight is 349 g/mol. The molecule has 3 fully saturated rings. The van der Waals surface area contributed by atoms with Gasteiger partial charge in [-0.15, -0.1) is 0 Å². The summed E-state index contributed by atoms with van der Waals surface area (Å²) in [4.78, 5) is 17.0. The van der Waals surface area contributed by atoms with Crippen LogP contribution in [0.1, 0.15) is 17.9 Å². The second-order valence-corrected chi connectivity index (χ2v) is 7.54. The molecule has 138 valence electrons. The lowest BCUT2D eigenvalue weighted by Gasteiger charge is -2.35. The zero-order valence-corrected chi connectivity index (χ0v) is 14.9. The van der Waals surface area contributed by atoms with Gasteiger partial charge in [0.2, 0.25) is 5.91 Å². The summed E-state index contributed by atoms with van der Waals surface area (Å²) in [7, 11) is 0. The fraction of sp³-hybridized carbons (Fsp3) is 0.778. The molecule has 0 bridgehead atoms. The number of hydrogen-bond donors (Lipinski definition) is 0. The van der Waals surface area contributed by atoms with E-state index in [9.17, 15) is 4.79 Å². The molecule has 4 heterocycles. The number of fused-ring (bicyclic) bond motifs is 1. The van der Waals surface area contributed by atoms with Crippen LogP contribution in [0.2, 0.25) is 0 Å². The van der Waals surface area contributed by atoms with E-state index in [-0.39, 0.29) is 5.91 Å². The monoisotopic (exact) mass is 349 g/mol. The highest BCUT2D eigenvalue weighted by Crippen LogP contribution is 2.36. The average Bonchev–Trinajstić information content (AvgIpc) is 3.22. The third-order valence-corrected chi connectivity index (χ3v) is 5.70. The van der Waals surface area contributed by atoms with Crippen LogP contribution in [0.15, 0.2) is 10.6 Å². The van der Waals surface area contributed by atoms with Crippen LogP contribution in [0.5, 0.6) is 0 Å². The summed E-state index contributed by atoms with van der Waals surface area (Å²) in [5.74, 6) is 2.47. The number of aromatic nitrogens is 1. The van der Waals surface area contributed by atoms with Crippen molar-refractivity contribution in [3.63, 3.8) is 0 Å². The van der Waals surface area contributed by atoms with Crippen molar-refractivity contribution in [3.05, 3.63) is 17.5 Å². The third kappa shape index (κ3) is 3.88. The maximum Gasteiger partial charge on any atom is 0.223 e. The molecule has 3 saturated heterocycles. The van der Waals surface area contributed by atoms with E-state index in [0.717, 1.165) is 50.8 Å². The number of likely N-dealkylation sites (tertiary alicyclic amines) is 1. The number of rotatable bonds is 4. The van der Waals surface area contributed by atoms with Gasteiger partial charge in [0.1, 0.15) is 5.76 Å². The van der Waals surface area contributed by atoms with Gasteiger partial charge in [0.05, 0.1) is 32.1 Å². The van der Waals surface area contributed by atoms with E-state index in [1.807, 2.05) is 17.9 Å². The minimum atomic E-state index is 0.253. The number of hydrogen-bond acceptors (Lipinski definition) is 6. The fourth-order valence-electron chi connectivity index (χ4n) is 4.42. The molecular weight excluding hydrogens is 322 g/mol. The van der Waals surface area contributed by atoms with Gasteiger partial charge in [-0.3, -0.25) is 9.69 Å². The normalized spacial score (nSPS) is 30.4. The van der Waals surface area contributed by atoms with Gasteiger partial charge in [0, 0.05) is 45.2 Å². The Balaban J connectivity index is 1.35. The van der Waals surface area contributed by atoms with Crippen LogP contribution in [0.3, 0.4) is 0 Å². The summed E-state index contributed by atoms with van der Waals surface area (Å²) in [6, 6.07) is 2.00. The Kier molecular flexibility index (Phi) is 5.05. The smallest absolute Gasteiger partial charge is 0.223 e. The molecule has 1 aromatic heterocycles. The topological polar surface area (TPSA) is 68.0 Å². The molecule has 0 spiro atoms. The number of aryl methyl sites for hydroxylation is 1. The molecule has 0 aliphatic carbocycles. The number of carbonyl (C=O) groups is 1. The van der Waals surface area contributed by atoms with Crippen molar-refractivity contribution in [2.75, 3.05) is 52.6 Å². The number of morpholine rings is 1. The Morgan fingerprint density at radius 1 is 1.24 bits per heavy atom. The van der Waals surface area contributed by atoms with Crippen molar-refractivity contribution in [2.24, 2.45) is 17.8 Å². The van der Waals surface area contributed by atoms with Gasteiger partial charge in [-0.05, 0) is 24.7 Å². The SMILES string of the molecule is Cc1cc(CN2C[C@@H]3COC[C@@H](CC(=O)N4CCOCC4)[C@@H]3C2)no1. The quantitative estimate of drug-likeness (QED) is 0.805. The van der Waals surface area contributed by atoms with E-state index < -0.39 is 0 Å². The minimum Gasteiger partial charge on any atom is -0.381 e. The summed E-state index contributed by atoms with van der Waals surface area (Å²) in [6.45, 7) is 9.02. The van der Waals surface area contributed by atoms with Gasteiger partial charge >= 0.3 is 0 Å². The van der Waals surface area contributed by atoms with Gasteiger partial charge in [-0.1, -0.05) is 5.16 Å². The second kappa shape index (κ2) is 7.43. The van der Waals surface area contributed by atoms with Crippen LogP contribution in [0.25, 0.3) is 0 Å². The maximum atomic E-state index is 12.6. The second-order valence-electron chi connectivity index (χ2n) is 7.54. The summed E-state index contributed by atoms with van der Waals surface area (Å²) < 4.78 is 16.3. The first-order valence-corrected chi connectivity index (χ1v) is 9.27. The largest absolute Gasteiger partial charge is 0.381 e. The molecule has 0 N–H and O–H groups in total. The van der Waals surface area contributed by atoms with Crippen molar-refractivity contribution in [1.29, 1.82) is 0 Å². The highest BCUT2D eigenvalue weighted by atomic mass is 16.5. The van der Waals surface area contributed by atoms with Crippen LogP contribution in [0, 0.1) is 24.7 Å². The summed E-state index contributed by atoms with van der Waals surface area (Å²) in [6.07, 6.45) is 0.595. The van der Waals surface area contributed by atoms with Gasteiger partial charge < -0.3 is 18.9 Å². The lowest BCUT2D eigenvalue weighted by Crippen LogP contribution is -2.44. The molecule has 3 atom stereocenters. The predicted octanol–water partition coefficient (Wildman–Crippen LogP) is 0.926. The number of nitrogens with zero attached hydrogens (tertiary/aromatic N) is 3. The summed E-state index contributed by atoms with van der Waals surface area (Å²) >= 11 is 0. The van der Waals surface area contributed by atoms with Crippen molar-refractivity contribution >= 4 is 5.91 Å². The zero-order chi connectivity index (χ0) is 17.2. The molecule has 3 aliphatic heterocycles.